The fourth-order valence-corrected chi connectivity index (χ4v) is 3.00. The van der Waals surface area contributed by atoms with E-state index < -0.39 is 0 Å². The molecule has 0 radical (unpaired) electrons. The fraction of sp³-hybridized carbons (Fsp3) is 0.481. The van der Waals surface area contributed by atoms with Crippen LogP contribution >= 0.6 is 0 Å². The van der Waals surface area contributed by atoms with Crippen LogP contribution in [0.5, 0.6) is 23.0 Å². The van der Waals surface area contributed by atoms with Crippen molar-refractivity contribution in [1.29, 1.82) is 0 Å². The number of carbonyl (C=O) groups excluding carboxylic acids is 1. The predicted octanol–water partition coefficient (Wildman–Crippen LogP) is 5.82. The summed E-state index contributed by atoms with van der Waals surface area (Å²) < 4.78 is 22.9. The van der Waals surface area contributed by atoms with Gasteiger partial charge in [-0.25, -0.2) is 0 Å². The van der Waals surface area contributed by atoms with E-state index >= 15 is 0 Å². The molecule has 0 aliphatic rings. The molecule has 0 fully saturated rings. The number of methoxy groups -OCH3 is 2. The van der Waals surface area contributed by atoms with Crippen molar-refractivity contribution in [2.45, 2.75) is 60.0 Å². The van der Waals surface area contributed by atoms with Gasteiger partial charge in [-0.3, -0.25) is 9.59 Å². The Morgan fingerprint density at radius 1 is 0.971 bits per heavy atom. The molecule has 188 valence electrons. The maximum Gasteiger partial charge on any atom is 0.290 e. The molecule has 0 aromatic heterocycles. The highest BCUT2D eigenvalue weighted by molar-refractivity contribution is 5.96. The van der Waals surface area contributed by atoms with Crippen molar-refractivity contribution < 1.29 is 33.6 Å². The topological polar surface area (TPSA) is 91.3 Å². The van der Waals surface area contributed by atoms with Crippen molar-refractivity contribution in [3.05, 3.63) is 47.5 Å². The molecular formula is C27H38O7. The van der Waals surface area contributed by atoms with Crippen molar-refractivity contribution in [2.75, 3.05) is 20.8 Å². The van der Waals surface area contributed by atoms with Gasteiger partial charge in [0.25, 0.3) is 6.47 Å². The molecule has 7 nitrogen and oxygen atoms in total. The Kier molecular flexibility index (Phi) is 10.9. The first-order valence-electron chi connectivity index (χ1n) is 11.1. The number of Topliss-reactive ketones (excluding diaryl/α,β-unsaturated/α-hetero) is 1. The minimum Gasteiger partial charge on any atom is -0.493 e. The van der Waals surface area contributed by atoms with E-state index in [1.807, 2.05) is 57.2 Å². The van der Waals surface area contributed by atoms with Gasteiger partial charge in [0.2, 0.25) is 5.75 Å². The van der Waals surface area contributed by atoms with Gasteiger partial charge in [-0.15, -0.1) is 0 Å². The van der Waals surface area contributed by atoms with Gasteiger partial charge in [-0.1, -0.05) is 32.9 Å². The van der Waals surface area contributed by atoms with Crippen LogP contribution in [0.3, 0.4) is 0 Å². The Balaban J connectivity index is 0.00000182. The Morgan fingerprint density at radius 3 is 2.12 bits per heavy atom. The number of carbonyl (C=O) groups is 2. The minimum absolute atomic E-state index is 0.0558. The lowest BCUT2D eigenvalue weighted by atomic mass is 9.98. The Bertz CT molecular complexity index is 937. The molecule has 0 saturated carbocycles. The highest BCUT2D eigenvalue weighted by Gasteiger charge is 2.20. The zero-order chi connectivity index (χ0) is 25.9. The maximum atomic E-state index is 12.8. The molecule has 2 aromatic rings. The first kappa shape index (κ1) is 28.8. The predicted molar refractivity (Wildman–Crippen MR) is 133 cm³/mol. The number of carboxylic acid groups (broad SMARTS) is 1. The second kappa shape index (κ2) is 12.9. The minimum atomic E-state index is -0.389. The standard InChI is InChI=1S/C26H36O5.CH2O2/c1-25(2,3)17-30-20-11-9-10-19(16-20)21(27)13-12-18-14-22(28-7)24(29-8)23(15-18)31-26(4,5)6;2-1-3/h9-11,14-16H,12-13,17H2,1-8H3;1H,(H,2,3). The zero-order valence-corrected chi connectivity index (χ0v) is 21.6. The number of ether oxygens (including phenoxy) is 4. The number of ketones is 1. The van der Waals surface area contributed by atoms with Crippen LogP contribution < -0.4 is 18.9 Å². The summed E-state index contributed by atoms with van der Waals surface area (Å²) in [4.78, 5) is 21.2. The molecule has 0 bridgehead atoms. The number of hydrogen-bond acceptors (Lipinski definition) is 6. The number of hydrogen-bond donors (Lipinski definition) is 1. The molecule has 1 N–H and O–H groups in total. The lowest BCUT2D eigenvalue weighted by Crippen LogP contribution is -2.23. The zero-order valence-electron chi connectivity index (χ0n) is 21.6. The van der Waals surface area contributed by atoms with Crippen LogP contribution in [0, 0.1) is 5.41 Å². The highest BCUT2D eigenvalue weighted by atomic mass is 16.5. The van der Waals surface area contributed by atoms with E-state index in [9.17, 15) is 4.79 Å². The first-order valence-corrected chi connectivity index (χ1v) is 11.1. The Hall–Kier alpha value is -3.22. The lowest BCUT2D eigenvalue weighted by Gasteiger charge is -2.24. The quantitative estimate of drug-likeness (QED) is 0.361. The molecule has 2 aromatic carbocycles. The first-order chi connectivity index (χ1) is 15.8. The summed E-state index contributed by atoms with van der Waals surface area (Å²) in [5.41, 5.74) is 1.27. The molecule has 7 heteroatoms. The van der Waals surface area contributed by atoms with E-state index in [1.54, 1.807) is 14.2 Å². The van der Waals surface area contributed by atoms with E-state index in [0.29, 0.717) is 48.0 Å². The third-order valence-electron chi connectivity index (χ3n) is 4.39. The Labute approximate surface area is 203 Å². The summed E-state index contributed by atoms with van der Waals surface area (Å²) in [5.74, 6) is 2.52. The van der Waals surface area contributed by atoms with Crippen LogP contribution in [0.1, 0.15) is 63.9 Å². The van der Waals surface area contributed by atoms with E-state index in [2.05, 4.69) is 20.8 Å². The van der Waals surface area contributed by atoms with Crippen molar-refractivity contribution in [3.63, 3.8) is 0 Å². The van der Waals surface area contributed by atoms with Gasteiger partial charge < -0.3 is 24.1 Å². The molecule has 0 spiro atoms. The molecule has 0 unspecified atom stereocenters. The average Bonchev–Trinajstić information content (AvgIpc) is 2.74. The van der Waals surface area contributed by atoms with E-state index in [1.165, 1.54) is 0 Å². The van der Waals surface area contributed by atoms with E-state index in [4.69, 9.17) is 28.8 Å². The maximum absolute atomic E-state index is 12.8. The molecule has 0 heterocycles. The third-order valence-corrected chi connectivity index (χ3v) is 4.39. The van der Waals surface area contributed by atoms with Gasteiger partial charge in [-0.05, 0) is 62.4 Å². The molecule has 0 atom stereocenters. The second-order valence-corrected chi connectivity index (χ2v) is 9.95. The van der Waals surface area contributed by atoms with Gasteiger partial charge in [0.05, 0.1) is 20.8 Å². The lowest BCUT2D eigenvalue weighted by molar-refractivity contribution is -0.122. The smallest absolute Gasteiger partial charge is 0.290 e. The molecule has 0 aliphatic carbocycles. The van der Waals surface area contributed by atoms with Crippen LogP contribution in [0.2, 0.25) is 0 Å². The van der Waals surface area contributed by atoms with Crippen LogP contribution in [0.25, 0.3) is 0 Å². The summed E-state index contributed by atoms with van der Waals surface area (Å²) in [6.45, 7) is 12.6. The van der Waals surface area contributed by atoms with Gasteiger partial charge in [0.1, 0.15) is 11.4 Å². The molecule has 0 aliphatic heterocycles. The van der Waals surface area contributed by atoms with Gasteiger partial charge in [-0.2, -0.15) is 0 Å². The summed E-state index contributed by atoms with van der Waals surface area (Å²) in [7, 11) is 3.18. The van der Waals surface area contributed by atoms with Crippen LogP contribution in [-0.4, -0.2) is 43.8 Å². The second-order valence-electron chi connectivity index (χ2n) is 9.95. The average molecular weight is 475 g/mol. The Morgan fingerprint density at radius 2 is 1.59 bits per heavy atom. The number of rotatable bonds is 9. The van der Waals surface area contributed by atoms with Crippen LogP contribution in [0.4, 0.5) is 0 Å². The van der Waals surface area contributed by atoms with E-state index in [0.717, 1.165) is 5.56 Å². The van der Waals surface area contributed by atoms with Crippen LogP contribution in [-0.2, 0) is 11.2 Å². The molecular weight excluding hydrogens is 436 g/mol. The van der Waals surface area contributed by atoms with Crippen molar-refractivity contribution in [3.8, 4) is 23.0 Å². The van der Waals surface area contributed by atoms with Gasteiger partial charge in [0, 0.05) is 12.0 Å². The molecule has 0 saturated heterocycles. The van der Waals surface area contributed by atoms with Gasteiger partial charge >= 0.3 is 0 Å². The summed E-state index contributed by atoms with van der Waals surface area (Å²) in [5, 5.41) is 6.89. The van der Waals surface area contributed by atoms with Crippen molar-refractivity contribution in [2.24, 2.45) is 5.41 Å². The summed E-state index contributed by atoms with van der Waals surface area (Å²) >= 11 is 0. The van der Waals surface area contributed by atoms with Gasteiger partial charge in [0.15, 0.2) is 17.3 Å². The van der Waals surface area contributed by atoms with Crippen LogP contribution in [0.15, 0.2) is 36.4 Å². The molecule has 0 amide bonds. The van der Waals surface area contributed by atoms with Crippen molar-refractivity contribution >= 4 is 12.3 Å². The SMILES string of the molecule is COc1cc(CCC(=O)c2cccc(OCC(C)(C)C)c2)cc(OC(C)(C)C)c1OC.O=CO. The monoisotopic (exact) mass is 474 g/mol. The van der Waals surface area contributed by atoms with Crippen molar-refractivity contribution in [1.82, 2.24) is 0 Å². The highest BCUT2D eigenvalue weighted by Crippen LogP contribution is 2.40. The number of aryl methyl sites for hydroxylation is 1. The van der Waals surface area contributed by atoms with E-state index in [-0.39, 0.29) is 23.3 Å². The molecule has 2 rings (SSSR count). The summed E-state index contributed by atoms with van der Waals surface area (Å²) in [6, 6.07) is 11.2. The number of benzene rings is 2. The normalized spacial score (nSPS) is 11.1. The fourth-order valence-electron chi connectivity index (χ4n) is 3.00. The molecule has 34 heavy (non-hydrogen) atoms. The summed E-state index contributed by atoms with van der Waals surface area (Å²) in [6.07, 6.45) is 0.930. The largest absolute Gasteiger partial charge is 0.493 e. The third kappa shape index (κ3) is 10.1.